The second-order valence-electron chi connectivity index (χ2n) is 8.73. The number of ether oxygens (including phenoxy) is 4. The minimum absolute atomic E-state index is 0.0274. The summed E-state index contributed by atoms with van der Waals surface area (Å²) in [5.41, 5.74) is 2.11. The number of benzene rings is 1. The van der Waals surface area contributed by atoms with Crippen molar-refractivity contribution in [3.05, 3.63) is 29.3 Å². The number of likely N-dealkylation sites (tertiary alicyclic amines) is 1. The van der Waals surface area contributed by atoms with Gasteiger partial charge in [0.15, 0.2) is 5.79 Å². The topological polar surface area (TPSA) is 74.3 Å². The molecule has 3 aliphatic rings. The molecule has 2 fully saturated rings. The number of nitrogens with zero attached hydrogens (tertiary/aromatic N) is 1. The SMILES string of the molecule is CCOC(=O)CC(c1ccc2c(c1)OCC2)N1CCC(CCCC2(C)OCCO2)C1=O. The van der Waals surface area contributed by atoms with E-state index in [0.29, 0.717) is 33.0 Å². The number of hydrogen-bond donors (Lipinski definition) is 0. The summed E-state index contributed by atoms with van der Waals surface area (Å²) in [6, 6.07) is 5.73. The molecule has 2 atom stereocenters. The summed E-state index contributed by atoms with van der Waals surface area (Å²) in [7, 11) is 0. The third-order valence-electron chi connectivity index (χ3n) is 6.58. The summed E-state index contributed by atoms with van der Waals surface area (Å²) in [6.45, 7) is 6.69. The second kappa shape index (κ2) is 9.57. The number of carbonyl (C=O) groups is 2. The summed E-state index contributed by atoms with van der Waals surface area (Å²) in [4.78, 5) is 27.5. The highest BCUT2D eigenvalue weighted by Gasteiger charge is 2.38. The molecule has 3 aliphatic heterocycles. The molecule has 0 bridgehead atoms. The van der Waals surface area contributed by atoms with Crippen LogP contribution in [0.4, 0.5) is 0 Å². The van der Waals surface area contributed by atoms with Crippen molar-refractivity contribution in [2.45, 2.75) is 64.2 Å². The molecule has 0 radical (unpaired) electrons. The van der Waals surface area contributed by atoms with Crippen LogP contribution in [0.3, 0.4) is 0 Å². The van der Waals surface area contributed by atoms with Crippen LogP contribution in [0, 0.1) is 5.92 Å². The number of esters is 1. The van der Waals surface area contributed by atoms with Gasteiger partial charge in [0.05, 0.1) is 38.9 Å². The van der Waals surface area contributed by atoms with Crippen LogP contribution in [0.15, 0.2) is 18.2 Å². The van der Waals surface area contributed by atoms with Crippen LogP contribution < -0.4 is 4.74 Å². The summed E-state index contributed by atoms with van der Waals surface area (Å²) in [6.07, 6.45) is 4.32. The van der Waals surface area contributed by atoms with Gasteiger partial charge in [0.2, 0.25) is 5.91 Å². The van der Waals surface area contributed by atoms with Gasteiger partial charge in [-0.3, -0.25) is 9.59 Å². The lowest BCUT2D eigenvalue weighted by molar-refractivity contribution is -0.149. The van der Waals surface area contributed by atoms with Crippen molar-refractivity contribution >= 4 is 11.9 Å². The molecule has 0 saturated carbocycles. The van der Waals surface area contributed by atoms with Gasteiger partial charge in [-0.2, -0.15) is 0 Å². The lowest BCUT2D eigenvalue weighted by Gasteiger charge is -2.28. The van der Waals surface area contributed by atoms with E-state index in [9.17, 15) is 9.59 Å². The van der Waals surface area contributed by atoms with Crippen molar-refractivity contribution < 1.29 is 28.5 Å². The Kier molecular flexibility index (Phi) is 6.82. The van der Waals surface area contributed by atoms with Crippen LogP contribution in [0.5, 0.6) is 5.75 Å². The molecular weight excluding hydrogens is 398 g/mol. The van der Waals surface area contributed by atoms with E-state index in [4.69, 9.17) is 18.9 Å². The van der Waals surface area contributed by atoms with Gasteiger partial charge in [-0.25, -0.2) is 0 Å². The molecule has 0 N–H and O–H groups in total. The summed E-state index contributed by atoms with van der Waals surface area (Å²) >= 11 is 0. The van der Waals surface area contributed by atoms with Crippen molar-refractivity contribution in [1.29, 1.82) is 0 Å². The monoisotopic (exact) mass is 431 g/mol. The first kappa shape index (κ1) is 22.1. The van der Waals surface area contributed by atoms with Gasteiger partial charge < -0.3 is 23.8 Å². The highest BCUT2D eigenvalue weighted by atomic mass is 16.7. The molecule has 0 spiro atoms. The van der Waals surface area contributed by atoms with Gasteiger partial charge in [-0.1, -0.05) is 12.1 Å². The molecule has 170 valence electrons. The molecule has 1 aromatic rings. The molecule has 7 heteroatoms. The molecule has 7 nitrogen and oxygen atoms in total. The van der Waals surface area contributed by atoms with E-state index in [2.05, 4.69) is 6.07 Å². The Balaban J connectivity index is 1.43. The lowest BCUT2D eigenvalue weighted by atomic mass is 9.97. The summed E-state index contributed by atoms with van der Waals surface area (Å²) < 4.78 is 22.3. The molecule has 0 aliphatic carbocycles. The average Bonchev–Trinajstić information content (AvgIpc) is 3.47. The maximum absolute atomic E-state index is 13.3. The largest absolute Gasteiger partial charge is 0.493 e. The van der Waals surface area contributed by atoms with Gasteiger partial charge >= 0.3 is 5.97 Å². The van der Waals surface area contributed by atoms with E-state index in [1.165, 1.54) is 5.56 Å². The van der Waals surface area contributed by atoms with Gasteiger partial charge in [-0.05, 0) is 50.3 Å². The van der Waals surface area contributed by atoms with Crippen molar-refractivity contribution in [2.24, 2.45) is 5.92 Å². The number of hydrogen-bond acceptors (Lipinski definition) is 6. The Bertz CT molecular complexity index is 803. The van der Waals surface area contributed by atoms with Crippen LogP contribution in [-0.2, 0) is 30.2 Å². The number of carbonyl (C=O) groups excluding carboxylic acids is 2. The molecule has 2 unspecified atom stereocenters. The third-order valence-corrected chi connectivity index (χ3v) is 6.58. The average molecular weight is 432 g/mol. The second-order valence-corrected chi connectivity index (χ2v) is 8.73. The van der Waals surface area contributed by atoms with E-state index in [0.717, 1.165) is 43.4 Å². The molecule has 31 heavy (non-hydrogen) atoms. The summed E-state index contributed by atoms with van der Waals surface area (Å²) in [5, 5.41) is 0. The first-order valence-corrected chi connectivity index (χ1v) is 11.5. The zero-order chi connectivity index (χ0) is 21.8. The Hall–Kier alpha value is -2.12. The minimum atomic E-state index is -0.516. The number of fused-ring (bicyclic) bond motifs is 1. The predicted octanol–water partition coefficient (Wildman–Crippen LogP) is 3.40. The number of amides is 1. The Labute approximate surface area is 184 Å². The van der Waals surface area contributed by atoms with Crippen molar-refractivity contribution in [3.63, 3.8) is 0 Å². The lowest BCUT2D eigenvalue weighted by Crippen LogP contribution is -2.34. The quantitative estimate of drug-likeness (QED) is 0.558. The van der Waals surface area contributed by atoms with Crippen LogP contribution >= 0.6 is 0 Å². The van der Waals surface area contributed by atoms with Crippen molar-refractivity contribution in [1.82, 2.24) is 4.90 Å². The molecule has 3 heterocycles. The Morgan fingerprint density at radius 3 is 2.87 bits per heavy atom. The first-order valence-electron chi connectivity index (χ1n) is 11.5. The molecule has 2 saturated heterocycles. The Morgan fingerprint density at radius 2 is 2.10 bits per heavy atom. The zero-order valence-electron chi connectivity index (χ0n) is 18.6. The van der Waals surface area contributed by atoms with Crippen molar-refractivity contribution in [2.75, 3.05) is 33.0 Å². The van der Waals surface area contributed by atoms with E-state index in [1.54, 1.807) is 6.92 Å². The first-order chi connectivity index (χ1) is 15.0. The maximum atomic E-state index is 13.3. The smallest absolute Gasteiger partial charge is 0.308 e. The number of rotatable bonds is 9. The van der Waals surface area contributed by atoms with Crippen LogP contribution in [-0.4, -0.2) is 55.5 Å². The third kappa shape index (κ3) is 5.04. The highest BCUT2D eigenvalue weighted by molar-refractivity contribution is 5.82. The van der Waals surface area contributed by atoms with Crippen LogP contribution in [0.1, 0.15) is 63.1 Å². The molecule has 1 amide bonds. The minimum Gasteiger partial charge on any atom is -0.493 e. The van der Waals surface area contributed by atoms with Gasteiger partial charge in [0, 0.05) is 25.3 Å². The fourth-order valence-electron chi connectivity index (χ4n) is 4.89. The summed E-state index contributed by atoms with van der Waals surface area (Å²) in [5.74, 6) is 0.153. The van der Waals surface area contributed by atoms with Crippen molar-refractivity contribution in [3.8, 4) is 5.75 Å². The van der Waals surface area contributed by atoms with E-state index < -0.39 is 5.79 Å². The van der Waals surface area contributed by atoms with Gasteiger partial charge in [0.25, 0.3) is 0 Å². The Morgan fingerprint density at radius 1 is 1.29 bits per heavy atom. The van der Waals surface area contributed by atoms with E-state index in [1.807, 2.05) is 24.0 Å². The van der Waals surface area contributed by atoms with E-state index >= 15 is 0 Å². The molecule has 1 aromatic carbocycles. The predicted molar refractivity (Wildman–Crippen MR) is 114 cm³/mol. The molecule has 4 rings (SSSR count). The fourth-order valence-corrected chi connectivity index (χ4v) is 4.89. The fraction of sp³-hybridized carbons (Fsp3) is 0.667. The normalized spacial score (nSPS) is 23.0. The van der Waals surface area contributed by atoms with Crippen LogP contribution in [0.25, 0.3) is 0 Å². The van der Waals surface area contributed by atoms with Crippen LogP contribution in [0.2, 0.25) is 0 Å². The van der Waals surface area contributed by atoms with E-state index in [-0.39, 0.29) is 30.3 Å². The van der Waals surface area contributed by atoms with Gasteiger partial charge in [-0.15, -0.1) is 0 Å². The van der Waals surface area contributed by atoms with Gasteiger partial charge in [0.1, 0.15) is 5.75 Å². The standard InChI is InChI=1S/C24H33NO6/c1-3-28-22(26)16-20(19-7-6-17-9-12-29-21(17)15-19)25-11-8-18(23(25)27)5-4-10-24(2)30-13-14-31-24/h6-7,15,18,20H,3-5,8-14,16H2,1-2H3. The zero-order valence-corrected chi connectivity index (χ0v) is 18.6. The molecule has 0 aromatic heterocycles. The maximum Gasteiger partial charge on any atom is 0.308 e. The highest BCUT2D eigenvalue weighted by Crippen LogP contribution is 2.37. The molecular formula is C24H33NO6.